The summed E-state index contributed by atoms with van der Waals surface area (Å²) < 4.78 is 10.8. The van der Waals surface area contributed by atoms with Gasteiger partial charge in [-0.1, -0.05) is 13.0 Å². The van der Waals surface area contributed by atoms with Crippen molar-refractivity contribution < 1.29 is 19.4 Å². The van der Waals surface area contributed by atoms with E-state index < -0.39 is 5.97 Å². The lowest BCUT2D eigenvalue weighted by Crippen LogP contribution is -2.04. The van der Waals surface area contributed by atoms with Crippen molar-refractivity contribution in [2.75, 3.05) is 7.11 Å². The van der Waals surface area contributed by atoms with Crippen LogP contribution in [0.1, 0.15) is 28.8 Å². The van der Waals surface area contributed by atoms with Crippen molar-refractivity contribution in [3.8, 4) is 17.4 Å². The average Bonchev–Trinajstić information content (AvgIpc) is 2.46. The first-order valence-corrected chi connectivity index (χ1v) is 6.47. The number of hydrogen-bond acceptors (Lipinski definition) is 5. The van der Waals surface area contributed by atoms with Gasteiger partial charge < -0.3 is 14.6 Å². The smallest absolute Gasteiger partial charge is 0.339 e. The van der Waals surface area contributed by atoms with Crippen molar-refractivity contribution in [1.82, 2.24) is 9.97 Å². The zero-order chi connectivity index (χ0) is 15.4. The Morgan fingerprint density at radius 3 is 2.71 bits per heavy atom. The van der Waals surface area contributed by atoms with Crippen LogP contribution in [0, 0.1) is 6.92 Å². The fourth-order valence-electron chi connectivity index (χ4n) is 1.89. The van der Waals surface area contributed by atoms with Crippen LogP contribution >= 0.6 is 0 Å². The van der Waals surface area contributed by atoms with E-state index in [1.165, 1.54) is 13.2 Å². The maximum absolute atomic E-state index is 11.3. The first-order chi connectivity index (χ1) is 10.0. The van der Waals surface area contributed by atoms with Gasteiger partial charge in [0.1, 0.15) is 11.4 Å². The number of carboxylic acids is 1. The topological polar surface area (TPSA) is 81.5 Å². The maximum atomic E-state index is 11.3. The molecule has 0 saturated carbocycles. The summed E-state index contributed by atoms with van der Waals surface area (Å²) in [4.78, 5) is 19.7. The molecule has 0 bridgehead atoms. The number of rotatable bonds is 5. The van der Waals surface area contributed by atoms with Crippen LogP contribution in [0.5, 0.6) is 17.4 Å². The molecule has 1 aromatic heterocycles. The second kappa shape index (κ2) is 6.21. The number of benzene rings is 1. The third-order valence-electron chi connectivity index (χ3n) is 2.87. The van der Waals surface area contributed by atoms with Crippen LogP contribution in [-0.2, 0) is 6.42 Å². The number of carbonyl (C=O) groups is 1. The zero-order valence-electron chi connectivity index (χ0n) is 12.1. The highest BCUT2D eigenvalue weighted by Crippen LogP contribution is 2.34. The third-order valence-corrected chi connectivity index (χ3v) is 2.87. The van der Waals surface area contributed by atoms with Crippen LogP contribution in [0.4, 0.5) is 0 Å². The minimum Gasteiger partial charge on any atom is -0.493 e. The fraction of sp³-hybridized carbons (Fsp3) is 0.267. The van der Waals surface area contributed by atoms with Gasteiger partial charge in [0.15, 0.2) is 11.5 Å². The molecule has 0 amide bonds. The molecular weight excluding hydrogens is 272 g/mol. The van der Waals surface area contributed by atoms with Gasteiger partial charge in [-0.3, -0.25) is 0 Å². The van der Waals surface area contributed by atoms with Crippen molar-refractivity contribution in [3.05, 3.63) is 41.3 Å². The quantitative estimate of drug-likeness (QED) is 0.911. The molecule has 0 unspecified atom stereocenters. The Morgan fingerprint density at radius 2 is 2.10 bits per heavy atom. The van der Waals surface area contributed by atoms with Gasteiger partial charge in [0.05, 0.1) is 7.11 Å². The van der Waals surface area contributed by atoms with E-state index in [0.717, 1.165) is 12.1 Å². The van der Waals surface area contributed by atoms with Gasteiger partial charge >= 0.3 is 5.97 Å². The summed E-state index contributed by atoms with van der Waals surface area (Å²) in [5.41, 5.74) is 0.841. The lowest BCUT2D eigenvalue weighted by molar-refractivity contribution is 0.0693. The first kappa shape index (κ1) is 14.8. The van der Waals surface area contributed by atoms with Crippen LogP contribution in [0.3, 0.4) is 0 Å². The number of hydrogen-bond donors (Lipinski definition) is 1. The van der Waals surface area contributed by atoms with Crippen molar-refractivity contribution >= 4 is 5.97 Å². The molecule has 6 heteroatoms. The molecule has 0 radical (unpaired) electrons. The van der Waals surface area contributed by atoms with Gasteiger partial charge in [-0.25, -0.2) is 9.78 Å². The van der Waals surface area contributed by atoms with Gasteiger partial charge in [0.25, 0.3) is 0 Å². The van der Waals surface area contributed by atoms with E-state index in [1.807, 2.05) is 6.92 Å². The Morgan fingerprint density at radius 1 is 1.33 bits per heavy atom. The Labute approximate surface area is 122 Å². The second-order valence-electron chi connectivity index (χ2n) is 4.34. The van der Waals surface area contributed by atoms with E-state index in [2.05, 4.69) is 9.97 Å². The van der Waals surface area contributed by atoms with E-state index in [1.54, 1.807) is 25.1 Å². The Kier molecular flexibility index (Phi) is 4.37. The van der Waals surface area contributed by atoms with Gasteiger partial charge in [-0.2, -0.15) is 4.98 Å². The van der Waals surface area contributed by atoms with Crippen LogP contribution < -0.4 is 9.47 Å². The summed E-state index contributed by atoms with van der Waals surface area (Å²) in [6, 6.07) is 6.37. The Hall–Kier alpha value is -2.63. The van der Waals surface area contributed by atoms with Crippen molar-refractivity contribution in [3.63, 3.8) is 0 Å². The zero-order valence-corrected chi connectivity index (χ0v) is 12.1. The molecule has 0 saturated heterocycles. The molecule has 0 aliphatic heterocycles. The largest absolute Gasteiger partial charge is 0.493 e. The minimum atomic E-state index is -1.09. The molecular formula is C15H16N2O4. The summed E-state index contributed by atoms with van der Waals surface area (Å²) in [6.07, 6.45) is 0.734. The average molecular weight is 288 g/mol. The Bertz CT molecular complexity index is 671. The maximum Gasteiger partial charge on any atom is 0.339 e. The summed E-state index contributed by atoms with van der Waals surface area (Å²) in [5, 5.41) is 9.25. The number of ether oxygens (including phenoxy) is 2. The first-order valence-electron chi connectivity index (χ1n) is 6.47. The third kappa shape index (κ3) is 3.28. The second-order valence-corrected chi connectivity index (χ2v) is 4.34. The van der Waals surface area contributed by atoms with E-state index >= 15 is 0 Å². The highest BCUT2D eigenvalue weighted by Gasteiger charge is 2.18. The van der Waals surface area contributed by atoms with Gasteiger partial charge in [-0.15, -0.1) is 0 Å². The van der Waals surface area contributed by atoms with E-state index in [9.17, 15) is 9.90 Å². The number of methoxy groups -OCH3 is 1. The standard InChI is InChI=1S/C15H16N2O4/c1-4-10-8-13(17-9(2)16-10)21-14-11(15(18)19)6-5-7-12(14)20-3/h5-8H,4H2,1-3H3,(H,18,19). The molecule has 2 rings (SSSR count). The molecule has 0 aliphatic rings. The van der Waals surface area contributed by atoms with E-state index in [0.29, 0.717) is 17.5 Å². The van der Waals surface area contributed by atoms with Gasteiger partial charge in [0, 0.05) is 11.8 Å². The molecule has 0 spiro atoms. The lowest BCUT2D eigenvalue weighted by atomic mass is 10.2. The molecule has 0 fully saturated rings. The van der Waals surface area contributed by atoms with Crippen LogP contribution in [0.2, 0.25) is 0 Å². The predicted molar refractivity (Wildman–Crippen MR) is 76.2 cm³/mol. The minimum absolute atomic E-state index is 0.0173. The van der Waals surface area contributed by atoms with Crippen LogP contribution in [0.25, 0.3) is 0 Å². The van der Waals surface area contributed by atoms with Crippen molar-refractivity contribution in [2.24, 2.45) is 0 Å². The monoisotopic (exact) mass is 288 g/mol. The molecule has 1 N–H and O–H groups in total. The van der Waals surface area contributed by atoms with Gasteiger partial charge in [-0.05, 0) is 25.5 Å². The summed E-state index contributed by atoms with van der Waals surface area (Å²) >= 11 is 0. The van der Waals surface area contributed by atoms with Crippen LogP contribution in [0.15, 0.2) is 24.3 Å². The predicted octanol–water partition coefficient (Wildman–Crippen LogP) is 2.85. The molecule has 2 aromatic rings. The van der Waals surface area contributed by atoms with Crippen molar-refractivity contribution in [2.45, 2.75) is 20.3 Å². The SMILES string of the molecule is CCc1cc(Oc2c(OC)cccc2C(=O)O)nc(C)n1. The number of aromatic carboxylic acids is 1. The molecule has 0 aliphatic carbocycles. The summed E-state index contributed by atoms with van der Waals surface area (Å²) in [5.74, 6) is 0.240. The summed E-state index contributed by atoms with van der Waals surface area (Å²) in [7, 11) is 1.45. The summed E-state index contributed by atoms with van der Waals surface area (Å²) in [6.45, 7) is 3.73. The lowest BCUT2D eigenvalue weighted by Gasteiger charge is -2.12. The number of nitrogens with zero attached hydrogens (tertiary/aromatic N) is 2. The van der Waals surface area contributed by atoms with Gasteiger partial charge in [0.2, 0.25) is 5.88 Å². The van der Waals surface area contributed by atoms with E-state index in [4.69, 9.17) is 9.47 Å². The highest BCUT2D eigenvalue weighted by molar-refractivity contribution is 5.92. The van der Waals surface area contributed by atoms with E-state index in [-0.39, 0.29) is 11.3 Å². The molecule has 1 heterocycles. The number of carboxylic acid groups (broad SMARTS) is 1. The molecule has 21 heavy (non-hydrogen) atoms. The molecule has 0 atom stereocenters. The normalized spacial score (nSPS) is 10.2. The molecule has 6 nitrogen and oxygen atoms in total. The fourth-order valence-corrected chi connectivity index (χ4v) is 1.89. The number of aryl methyl sites for hydroxylation is 2. The van der Waals surface area contributed by atoms with Crippen molar-refractivity contribution in [1.29, 1.82) is 0 Å². The molecule has 1 aromatic carbocycles. The number of aromatic nitrogens is 2. The highest BCUT2D eigenvalue weighted by atomic mass is 16.5. The molecule has 110 valence electrons. The Balaban J connectivity index is 2.47. The number of para-hydroxylation sites is 1. The van der Waals surface area contributed by atoms with Crippen LogP contribution in [-0.4, -0.2) is 28.2 Å².